The van der Waals surface area contributed by atoms with Crippen molar-refractivity contribution >= 4 is 21.6 Å². The van der Waals surface area contributed by atoms with Crippen molar-refractivity contribution in [3.05, 3.63) is 95.6 Å². The Hall–Kier alpha value is -2.96. The first-order valence-corrected chi connectivity index (χ1v) is 14.6. The van der Waals surface area contributed by atoms with E-state index in [0.29, 0.717) is 11.0 Å². The zero-order valence-corrected chi connectivity index (χ0v) is 22.3. The molecule has 2 unspecified atom stereocenters. The number of carbonyl (C=O) groups is 1. The lowest BCUT2D eigenvalue weighted by Gasteiger charge is -2.62. The van der Waals surface area contributed by atoms with Crippen molar-refractivity contribution in [3.63, 3.8) is 0 Å². The lowest BCUT2D eigenvalue weighted by atomic mass is 9.42. The summed E-state index contributed by atoms with van der Waals surface area (Å²) in [5, 5.41) is 2.97. The SMILES string of the molecule is CN(C)S(=O)(=O)c1ccc(C(=O)Nc2ccc(C34CC5CC(CC(c6ccccc6)(C5)C3)C4)cc2)cc1. The summed E-state index contributed by atoms with van der Waals surface area (Å²) in [6, 6.07) is 25.7. The number of nitrogens with zero attached hydrogens (tertiary/aromatic N) is 1. The number of anilines is 1. The molecule has 37 heavy (non-hydrogen) atoms. The molecule has 3 aromatic rings. The van der Waals surface area contributed by atoms with Crippen LogP contribution < -0.4 is 5.32 Å². The van der Waals surface area contributed by atoms with E-state index in [2.05, 4.69) is 47.8 Å². The highest BCUT2D eigenvalue weighted by Gasteiger charge is 2.58. The predicted molar refractivity (Wildman–Crippen MR) is 146 cm³/mol. The minimum atomic E-state index is -3.52. The monoisotopic (exact) mass is 514 g/mol. The summed E-state index contributed by atoms with van der Waals surface area (Å²) in [5.74, 6) is 1.33. The van der Waals surface area contributed by atoms with Crippen LogP contribution in [0.15, 0.2) is 83.8 Å². The molecule has 4 bridgehead atoms. The Labute approximate surface area is 220 Å². The number of benzene rings is 3. The summed E-state index contributed by atoms with van der Waals surface area (Å²) < 4.78 is 25.7. The molecule has 6 heteroatoms. The van der Waals surface area contributed by atoms with E-state index < -0.39 is 10.0 Å². The highest BCUT2D eigenvalue weighted by molar-refractivity contribution is 7.89. The highest BCUT2D eigenvalue weighted by atomic mass is 32.2. The second kappa shape index (κ2) is 8.81. The number of hydrogen-bond donors (Lipinski definition) is 1. The summed E-state index contributed by atoms with van der Waals surface area (Å²) in [6.07, 6.45) is 7.76. The second-order valence-corrected chi connectivity index (χ2v) is 13.9. The molecule has 192 valence electrons. The maximum Gasteiger partial charge on any atom is 0.255 e. The number of hydrogen-bond acceptors (Lipinski definition) is 3. The van der Waals surface area contributed by atoms with Crippen LogP contribution in [0.4, 0.5) is 5.69 Å². The minimum Gasteiger partial charge on any atom is -0.322 e. The van der Waals surface area contributed by atoms with E-state index in [1.807, 2.05) is 12.1 Å². The van der Waals surface area contributed by atoms with Gasteiger partial charge in [0.2, 0.25) is 10.0 Å². The number of nitrogens with one attached hydrogen (secondary N) is 1. The first-order valence-electron chi connectivity index (χ1n) is 13.2. The molecule has 0 radical (unpaired) electrons. The summed E-state index contributed by atoms with van der Waals surface area (Å²) >= 11 is 0. The van der Waals surface area contributed by atoms with Crippen LogP contribution in [0.3, 0.4) is 0 Å². The molecular formula is C31H34N2O3S. The van der Waals surface area contributed by atoms with Gasteiger partial charge in [-0.25, -0.2) is 12.7 Å². The molecule has 3 aromatic carbocycles. The number of amides is 1. The molecule has 4 aliphatic carbocycles. The van der Waals surface area contributed by atoms with Crippen LogP contribution in [0.1, 0.15) is 60.0 Å². The Morgan fingerprint density at radius 3 is 1.86 bits per heavy atom. The van der Waals surface area contributed by atoms with Crippen molar-refractivity contribution in [2.75, 3.05) is 19.4 Å². The molecule has 0 saturated heterocycles. The third-order valence-corrected chi connectivity index (χ3v) is 10.9. The van der Waals surface area contributed by atoms with Crippen molar-refractivity contribution in [2.24, 2.45) is 11.8 Å². The standard InChI is InChI=1S/C31H34N2O3S/c1-33(2)37(35,36)28-14-8-24(9-15-28)29(34)32-27-12-10-26(11-13-27)31-19-22-16-23(20-31)18-30(17-22,21-31)25-6-4-3-5-7-25/h3-15,22-23H,16-21H2,1-2H3,(H,32,34). The summed E-state index contributed by atoms with van der Waals surface area (Å²) in [4.78, 5) is 13.0. The molecule has 4 aliphatic rings. The van der Waals surface area contributed by atoms with Crippen LogP contribution in [0.5, 0.6) is 0 Å². The third-order valence-electron chi connectivity index (χ3n) is 9.10. The molecule has 1 N–H and O–H groups in total. The summed E-state index contributed by atoms with van der Waals surface area (Å²) in [5.41, 5.74) is 4.61. The van der Waals surface area contributed by atoms with E-state index in [0.717, 1.165) is 21.8 Å². The zero-order valence-electron chi connectivity index (χ0n) is 21.5. The zero-order chi connectivity index (χ0) is 25.8. The van der Waals surface area contributed by atoms with Gasteiger partial charge in [-0.3, -0.25) is 4.79 Å². The average molecular weight is 515 g/mol. The Morgan fingerprint density at radius 2 is 1.32 bits per heavy atom. The fourth-order valence-electron chi connectivity index (χ4n) is 7.83. The molecular weight excluding hydrogens is 480 g/mol. The second-order valence-electron chi connectivity index (χ2n) is 11.7. The largest absolute Gasteiger partial charge is 0.322 e. The Bertz CT molecular complexity index is 1400. The van der Waals surface area contributed by atoms with Crippen LogP contribution in [0.25, 0.3) is 0 Å². The van der Waals surface area contributed by atoms with Gasteiger partial charge < -0.3 is 5.32 Å². The lowest BCUT2D eigenvalue weighted by Crippen LogP contribution is -2.55. The van der Waals surface area contributed by atoms with Crippen molar-refractivity contribution in [1.29, 1.82) is 0 Å². The van der Waals surface area contributed by atoms with Gasteiger partial charge in [0.1, 0.15) is 0 Å². The van der Waals surface area contributed by atoms with Gasteiger partial charge in [-0.15, -0.1) is 0 Å². The molecule has 0 aliphatic heterocycles. The molecule has 4 saturated carbocycles. The normalized spacial score (nSPS) is 28.4. The van der Waals surface area contributed by atoms with Crippen molar-refractivity contribution in [3.8, 4) is 0 Å². The molecule has 1 amide bonds. The third kappa shape index (κ3) is 4.20. The Kier molecular flexibility index (Phi) is 5.81. The van der Waals surface area contributed by atoms with Gasteiger partial charge in [0, 0.05) is 25.3 Å². The highest BCUT2D eigenvalue weighted by Crippen LogP contribution is 2.66. The average Bonchev–Trinajstić information content (AvgIpc) is 2.89. The van der Waals surface area contributed by atoms with E-state index in [1.54, 1.807) is 12.1 Å². The van der Waals surface area contributed by atoms with Crippen LogP contribution in [0, 0.1) is 11.8 Å². The van der Waals surface area contributed by atoms with Gasteiger partial charge >= 0.3 is 0 Å². The number of carbonyl (C=O) groups excluding carboxylic acids is 1. The molecule has 0 spiro atoms. The van der Waals surface area contributed by atoms with Crippen LogP contribution >= 0.6 is 0 Å². The van der Waals surface area contributed by atoms with Gasteiger partial charge in [0.05, 0.1) is 4.90 Å². The molecule has 0 aromatic heterocycles. The molecule has 0 heterocycles. The smallest absolute Gasteiger partial charge is 0.255 e. The molecule has 2 atom stereocenters. The van der Waals surface area contributed by atoms with E-state index >= 15 is 0 Å². The van der Waals surface area contributed by atoms with Crippen molar-refractivity contribution in [2.45, 2.75) is 54.3 Å². The van der Waals surface area contributed by atoms with Gasteiger partial charge in [0.15, 0.2) is 0 Å². The maximum absolute atomic E-state index is 12.8. The fraction of sp³-hybridized carbons (Fsp3) is 0.387. The van der Waals surface area contributed by atoms with Gasteiger partial charge in [-0.05, 0) is 109 Å². The quantitative estimate of drug-likeness (QED) is 0.440. The van der Waals surface area contributed by atoms with Crippen molar-refractivity contribution in [1.82, 2.24) is 4.31 Å². The van der Waals surface area contributed by atoms with E-state index in [4.69, 9.17) is 0 Å². The topological polar surface area (TPSA) is 66.5 Å². The van der Waals surface area contributed by atoms with Gasteiger partial charge in [-0.1, -0.05) is 42.5 Å². The summed E-state index contributed by atoms with van der Waals surface area (Å²) in [7, 11) is -0.542. The minimum absolute atomic E-state index is 0.169. The van der Waals surface area contributed by atoms with Crippen LogP contribution in [-0.4, -0.2) is 32.7 Å². The molecule has 7 rings (SSSR count). The molecule has 4 fully saturated rings. The summed E-state index contributed by atoms with van der Waals surface area (Å²) in [6.45, 7) is 0. The van der Waals surface area contributed by atoms with Crippen LogP contribution in [0.2, 0.25) is 0 Å². The maximum atomic E-state index is 12.8. The van der Waals surface area contributed by atoms with Crippen molar-refractivity contribution < 1.29 is 13.2 Å². The lowest BCUT2D eigenvalue weighted by molar-refractivity contribution is -0.0281. The number of rotatable bonds is 6. The molecule has 5 nitrogen and oxygen atoms in total. The Balaban J connectivity index is 1.20. The number of sulfonamides is 1. The Morgan fingerprint density at radius 1 is 0.784 bits per heavy atom. The van der Waals surface area contributed by atoms with E-state index in [-0.39, 0.29) is 16.2 Å². The van der Waals surface area contributed by atoms with Crippen LogP contribution in [-0.2, 0) is 20.9 Å². The predicted octanol–water partition coefficient (Wildman–Crippen LogP) is 5.98. The van der Waals surface area contributed by atoms with Gasteiger partial charge in [-0.2, -0.15) is 0 Å². The first kappa shape index (κ1) is 24.4. The fourth-order valence-corrected chi connectivity index (χ4v) is 8.73. The van der Waals surface area contributed by atoms with E-state index in [9.17, 15) is 13.2 Å². The van der Waals surface area contributed by atoms with E-state index in [1.165, 1.54) is 75.9 Å². The first-order chi connectivity index (χ1) is 17.7. The van der Waals surface area contributed by atoms with Gasteiger partial charge in [0.25, 0.3) is 5.91 Å².